The first-order chi connectivity index (χ1) is 6.25. The van der Waals surface area contributed by atoms with Gasteiger partial charge in [-0.25, -0.2) is 0 Å². The number of fused-ring (bicyclic) bond motifs is 1. The van der Waals surface area contributed by atoms with Crippen molar-refractivity contribution in [3.63, 3.8) is 0 Å². The van der Waals surface area contributed by atoms with Gasteiger partial charge in [-0.15, -0.1) is 0 Å². The molecule has 0 aliphatic carbocycles. The Kier molecular flexibility index (Phi) is 2.19. The van der Waals surface area contributed by atoms with E-state index in [1.165, 1.54) is 5.56 Å². The highest BCUT2D eigenvalue weighted by atomic mass is 32.1. The summed E-state index contributed by atoms with van der Waals surface area (Å²) in [6.07, 6.45) is 3.19. The van der Waals surface area contributed by atoms with Gasteiger partial charge in [0.25, 0.3) is 0 Å². The van der Waals surface area contributed by atoms with Crippen LogP contribution >= 0.6 is 12.2 Å². The predicted molar refractivity (Wildman–Crippen MR) is 60.0 cm³/mol. The summed E-state index contributed by atoms with van der Waals surface area (Å²) < 4.78 is 0. The van der Waals surface area contributed by atoms with Crippen LogP contribution in [0.3, 0.4) is 0 Å². The summed E-state index contributed by atoms with van der Waals surface area (Å²) in [5, 5.41) is 3.21. The van der Waals surface area contributed by atoms with E-state index in [0.29, 0.717) is 0 Å². The van der Waals surface area contributed by atoms with Gasteiger partial charge in [0.05, 0.1) is 4.99 Å². The molecule has 0 unspecified atom stereocenters. The molecular weight excluding hydrogens is 180 g/mol. The van der Waals surface area contributed by atoms with Gasteiger partial charge in [0.2, 0.25) is 0 Å². The number of nitrogens with two attached hydrogens (primary N) is 1. The Balaban J connectivity index is 2.40. The van der Waals surface area contributed by atoms with Crippen molar-refractivity contribution in [3.8, 4) is 0 Å². The molecule has 3 heteroatoms. The summed E-state index contributed by atoms with van der Waals surface area (Å²) in [7, 11) is 0. The minimum Gasteiger partial charge on any atom is -0.399 e. The van der Waals surface area contributed by atoms with Crippen LogP contribution < -0.4 is 11.1 Å². The molecule has 2 nitrogen and oxygen atoms in total. The lowest BCUT2D eigenvalue weighted by Crippen LogP contribution is -2.06. The highest BCUT2D eigenvalue weighted by molar-refractivity contribution is 7.80. The van der Waals surface area contributed by atoms with E-state index in [1.807, 2.05) is 12.1 Å². The van der Waals surface area contributed by atoms with Gasteiger partial charge in [0.15, 0.2) is 0 Å². The molecular formula is C10H12N2S. The monoisotopic (exact) mass is 192 g/mol. The van der Waals surface area contributed by atoms with Crippen molar-refractivity contribution in [2.75, 3.05) is 11.1 Å². The molecule has 0 saturated heterocycles. The fourth-order valence-corrected chi connectivity index (χ4v) is 1.83. The van der Waals surface area contributed by atoms with E-state index in [9.17, 15) is 0 Å². The van der Waals surface area contributed by atoms with Crippen molar-refractivity contribution in [1.29, 1.82) is 0 Å². The van der Waals surface area contributed by atoms with Crippen LogP contribution in [0.25, 0.3) is 0 Å². The summed E-state index contributed by atoms with van der Waals surface area (Å²) in [6.45, 7) is 0. The predicted octanol–water partition coefficient (Wildman–Crippen LogP) is 2.34. The van der Waals surface area contributed by atoms with Crippen LogP contribution in [-0.4, -0.2) is 4.99 Å². The van der Waals surface area contributed by atoms with Crippen LogP contribution in [0.2, 0.25) is 0 Å². The van der Waals surface area contributed by atoms with E-state index in [1.54, 1.807) is 0 Å². The first kappa shape index (κ1) is 8.51. The van der Waals surface area contributed by atoms with E-state index in [-0.39, 0.29) is 0 Å². The van der Waals surface area contributed by atoms with Gasteiger partial charge in [-0.1, -0.05) is 18.3 Å². The molecule has 68 valence electrons. The Morgan fingerprint density at radius 1 is 1.31 bits per heavy atom. The molecule has 0 bridgehead atoms. The summed E-state index contributed by atoms with van der Waals surface area (Å²) in [5.41, 5.74) is 8.88. The number of rotatable bonds is 0. The molecule has 0 atom stereocenters. The van der Waals surface area contributed by atoms with E-state index in [2.05, 4.69) is 11.4 Å². The SMILES string of the molecule is Nc1ccc2c(c1)NC(=S)CCC2. The number of anilines is 2. The average Bonchev–Trinajstić information content (AvgIpc) is 2.25. The third kappa shape index (κ3) is 1.80. The van der Waals surface area contributed by atoms with Crippen LogP contribution in [0, 0.1) is 0 Å². The molecule has 0 aromatic heterocycles. The topological polar surface area (TPSA) is 38.0 Å². The smallest absolute Gasteiger partial charge is 0.0797 e. The zero-order chi connectivity index (χ0) is 9.26. The Morgan fingerprint density at radius 2 is 2.15 bits per heavy atom. The zero-order valence-electron chi connectivity index (χ0n) is 7.34. The fourth-order valence-electron chi connectivity index (χ4n) is 1.58. The van der Waals surface area contributed by atoms with Crippen LogP contribution in [0.4, 0.5) is 11.4 Å². The summed E-state index contributed by atoms with van der Waals surface area (Å²) >= 11 is 5.16. The second kappa shape index (κ2) is 3.34. The lowest BCUT2D eigenvalue weighted by Gasteiger charge is -2.07. The highest BCUT2D eigenvalue weighted by Gasteiger charge is 2.09. The number of hydrogen-bond donors (Lipinski definition) is 2. The maximum atomic E-state index is 5.70. The first-order valence-corrected chi connectivity index (χ1v) is 4.85. The highest BCUT2D eigenvalue weighted by Crippen LogP contribution is 2.24. The Bertz CT molecular complexity index is 347. The van der Waals surface area contributed by atoms with Gasteiger partial charge < -0.3 is 11.1 Å². The third-order valence-corrected chi connectivity index (χ3v) is 2.56. The number of benzene rings is 1. The average molecular weight is 192 g/mol. The number of hydrogen-bond acceptors (Lipinski definition) is 2. The van der Waals surface area contributed by atoms with Crippen molar-refractivity contribution in [2.24, 2.45) is 0 Å². The van der Waals surface area contributed by atoms with E-state index >= 15 is 0 Å². The molecule has 0 saturated carbocycles. The zero-order valence-corrected chi connectivity index (χ0v) is 8.16. The van der Waals surface area contributed by atoms with Crippen LogP contribution in [0.1, 0.15) is 18.4 Å². The molecule has 1 aliphatic heterocycles. The van der Waals surface area contributed by atoms with Gasteiger partial charge >= 0.3 is 0 Å². The largest absolute Gasteiger partial charge is 0.399 e. The normalized spacial score (nSPS) is 15.8. The Morgan fingerprint density at radius 3 is 3.00 bits per heavy atom. The van der Waals surface area contributed by atoms with E-state index in [0.717, 1.165) is 35.6 Å². The molecule has 0 radical (unpaired) electrons. The van der Waals surface area contributed by atoms with Crippen LogP contribution in [0.5, 0.6) is 0 Å². The molecule has 13 heavy (non-hydrogen) atoms. The maximum absolute atomic E-state index is 5.70. The molecule has 1 aliphatic rings. The van der Waals surface area contributed by atoms with E-state index in [4.69, 9.17) is 18.0 Å². The third-order valence-electron chi connectivity index (χ3n) is 2.26. The van der Waals surface area contributed by atoms with Gasteiger partial charge in [-0.3, -0.25) is 0 Å². The molecule has 1 heterocycles. The molecule has 3 N–H and O–H groups in total. The summed E-state index contributed by atoms with van der Waals surface area (Å²) in [5.74, 6) is 0. The Hall–Kier alpha value is -1.09. The van der Waals surface area contributed by atoms with Crippen LogP contribution in [0.15, 0.2) is 18.2 Å². The summed E-state index contributed by atoms with van der Waals surface area (Å²) in [4.78, 5) is 0.921. The number of nitrogen functional groups attached to an aromatic ring is 1. The minimum absolute atomic E-state index is 0.788. The first-order valence-electron chi connectivity index (χ1n) is 4.44. The molecule has 0 spiro atoms. The van der Waals surface area contributed by atoms with E-state index < -0.39 is 0 Å². The maximum Gasteiger partial charge on any atom is 0.0797 e. The number of nitrogens with one attached hydrogen (secondary N) is 1. The second-order valence-corrected chi connectivity index (χ2v) is 3.81. The second-order valence-electron chi connectivity index (χ2n) is 3.32. The van der Waals surface area contributed by atoms with Gasteiger partial charge in [0, 0.05) is 11.4 Å². The molecule has 2 rings (SSSR count). The lowest BCUT2D eigenvalue weighted by atomic mass is 10.1. The van der Waals surface area contributed by atoms with Crippen molar-refractivity contribution >= 4 is 28.6 Å². The van der Waals surface area contributed by atoms with Crippen molar-refractivity contribution in [2.45, 2.75) is 19.3 Å². The molecule has 0 amide bonds. The molecule has 0 fully saturated rings. The number of aryl methyl sites for hydroxylation is 1. The van der Waals surface area contributed by atoms with Gasteiger partial charge in [0.1, 0.15) is 0 Å². The number of thiocarbonyl (C=S) groups is 1. The minimum atomic E-state index is 0.788. The molecule has 1 aromatic carbocycles. The lowest BCUT2D eigenvalue weighted by molar-refractivity contribution is 0.884. The summed E-state index contributed by atoms with van der Waals surface area (Å²) in [6, 6.07) is 5.97. The van der Waals surface area contributed by atoms with Crippen molar-refractivity contribution < 1.29 is 0 Å². The quantitative estimate of drug-likeness (QED) is 0.489. The Labute approximate surface area is 83.1 Å². The van der Waals surface area contributed by atoms with Gasteiger partial charge in [-0.05, 0) is 37.0 Å². The van der Waals surface area contributed by atoms with Gasteiger partial charge in [-0.2, -0.15) is 0 Å². The van der Waals surface area contributed by atoms with Crippen molar-refractivity contribution in [3.05, 3.63) is 23.8 Å². The fraction of sp³-hybridized carbons (Fsp3) is 0.300. The van der Waals surface area contributed by atoms with Crippen LogP contribution in [-0.2, 0) is 6.42 Å². The van der Waals surface area contributed by atoms with Crippen molar-refractivity contribution in [1.82, 2.24) is 0 Å². The standard InChI is InChI=1S/C10H12N2S/c11-8-5-4-7-2-1-3-10(13)12-9(7)6-8/h4-6H,1-3,11H2,(H,12,13). The molecule has 1 aromatic rings.